The number of rotatable bonds is 5. The predicted molar refractivity (Wildman–Crippen MR) is 121 cm³/mol. The van der Waals surface area contributed by atoms with Gasteiger partial charge in [0.05, 0.1) is 11.7 Å². The number of anilines is 1. The molecule has 0 radical (unpaired) electrons. The summed E-state index contributed by atoms with van der Waals surface area (Å²) in [5, 5.41) is 7.54. The van der Waals surface area contributed by atoms with Gasteiger partial charge in [-0.3, -0.25) is 9.59 Å². The number of ether oxygens (including phenoxy) is 1. The standard InChI is InChI=1S/C24H26N2O4S/c1-13-8-9-18-17(11-13)14(2)21(30-18)23(28)26-24-20(16-6-3-7-19(16)31-24)22(27)25-12-15-5-4-10-29-15/h8-9,11,15H,3-7,10,12H2,1-2H3,(H,25,27)(H,26,28). The van der Waals surface area contributed by atoms with Gasteiger partial charge in [-0.05, 0) is 63.6 Å². The van der Waals surface area contributed by atoms with Gasteiger partial charge in [-0.2, -0.15) is 0 Å². The molecule has 1 aliphatic heterocycles. The molecule has 0 saturated carbocycles. The molecule has 31 heavy (non-hydrogen) atoms. The van der Waals surface area contributed by atoms with Crippen molar-refractivity contribution in [2.45, 2.75) is 52.1 Å². The fourth-order valence-corrected chi connectivity index (χ4v) is 5.83. The van der Waals surface area contributed by atoms with Gasteiger partial charge in [-0.1, -0.05) is 11.6 Å². The Morgan fingerprint density at radius 1 is 1.16 bits per heavy atom. The summed E-state index contributed by atoms with van der Waals surface area (Å²) in [7, 11) is 0. The van der Waals surface area contributed by atoms with Gasteiger partial charge in [0.1, 0.15) is 10.6 Å². The first kappa shape index (κ1) is 20.3. The molecule has 0 spiro atoms. The number of carbonyl (C=O) groups is 2. The van der Waals surface area contributed by atoms with Gasteiger partial charge in [-0.15, -0.1) is 11.3 Å². The number of hydrogen-bond donors (Lipinski definition) is 2. The van der Waals surface area contributed by atoms with Crippen LogP contribution in [0.15, 0.2) is 22.6 Å². The Balaban J connectivity index is 1.41. The maximum Gasteiger partial charge on any atom is 0.292 e. The Morgan fingerprint density at radius 2 is 2.03 bits per heavy atom. The van der Waals surface area contributed by atoms with Crippen molar-refractivity contribution in [3.63, 3.8) is 0 Å². The number of thiophene rings is 1. The minimum Gasteiger partial charge on any atom is -0.451 e. The van der Waals surface area contributed by atoms with E-state index in [4.69, 9.17) is 9.15 Å². The highest BCUT2D eigenvalue weighted by Gasteiger charge is 2.29. The second-order valence-corrected chi connectivity index (χ2v) is 9.52. The van der Waals surface area contributed by atoms with Crippen molar-refractivity contribution in [2.75, 3.05) is 18.5 Å². The average molecular weight is 439 g/mol. The largest absolute Gasteiger partial charge is 0.451 e. The lowest BCUT2D eigenvalue weighted by molar-refractivity contribution is 0.0858. The molecule has 2 amide bonds. The van der Waals surface area contributed by atoms with Gasteiger partial charge in [0.2, 0.25) is 0 Å². The van der Waals surface area contributed by atoms with Crippen LogP contribution < -0.4 is 10.6 Å². The molecule has 2 aromatic heterocycles. The molecule has 1 fully saturated rings. The third kappa shape index (κ3) is 3.77. The van der Waals surface area contributed by atoms with E-state index in [0.29, 0.717) is 28.5 Å². The molecule has 3 heterocycles. The van der Waals surface area contributed by atoms with Gasteiger partial charge in [0.25, 0.3) is 11.8 Å². The lowest BCUT2D eigenvalue weighted by Crippen LogP contribution is -2.32. The van der Waals surface area contributed by atoms with Crippen LogP contribution in [0.3, 0.4) is 0 Å². The molecule has 1 aromatic carbocycles. The molecule has 1 atom stereocenters. The minimum atomic E-state index is -0.320. The lowest BCUT2D eigenvalue weighted by Gasteiger charge is -2.12. The van der Waals surface area contributed by atoms with E-state index >= 15 is 0 Å². The fourth-order valence-electron chi connectivity index (χ4n) is 4.54. The lowest BCUT2D eigenvalue weighted by atomic mass is 10.1. The molecule has 3 aromatic rings. The van der Waals surface area contributed by atoms with Crippen LogP contribution in [-0.2, 0) is 17.6 Å². The van der Waals surface area contributed by atoms with Gasteiger partial charge in [0.15, 0.2) is 5.76 Å². The first-order valence-electron chi connectivity index (χ1n) is 10.9. The van der Waals surface area contributed by atoms with Gasteiger partial charge < -0.3 is 19.8 Å². The topological polar surface area (TPSA) is 80.6 Å². The molecule has 2 N–H and O–H groups in total. The van der Waals surface area contributed by atoms with E-state index in [1.165, 1.54) is 16.2 Å². The predicted octanol–water partition coefficient (Wildman–Crippen LogP) is 4.76. The number of aryl methyl sites for hydroxylation is 3. The Morgan fingerprint density at radius 3 is 2.84 bits per heavy atom. The second-order valence-electron chi connectivity index (χ2n) is 8.42. The first-order chi connectivity index (χ1) is 15.0. The van der Waals surface area contributed by atoms with Crippen LogP contribution in [0, 0.1) is 13.8 Å². The number of amides is 2. The molecular weight excluding hydrogens is 412 g/mol. The molecule has 6 nitrogen and oxygen atoms in total. The Kier molecular flexibility index (Phi) is 5.32. The smallest absolute Gasteiger partial charge is 0.292 e. The van der Waals surface area contributed by atoms with Crippen LogP contribution in [0.2, 0.25) is 0 Å². The fraction of sp³-hybridized carbons (Fsp3) is 0.417. The maximum absolute atomic E-state index is 13.1. The van der Waals surface area contributed by atoms with E-state index < -0.39 is 0 Å². The Bertz CT molecular complexity index is 1170. The number of nitrogens with one attached hydrogen (secondary N) is 2. The van der Waals surface area contributed by atoms with E-state index in [2.05, 4.69) is 10.6 Å². The first-order valence-corrected chi connectivity index (χ1v) is 11.7. The number of furan rings is 1. The number of hydrogen-bond acceptors (Lipinski definition) is 5. The summed E-state index contributed by atoms with van der Waals surface area (Å²) >= 11 is 1.51. The van der Waals surface area contributed by atoms with E-state index in [-0.39, 0.29) is 17.9 Å². The van der Waals surface area contributed by atoms with E-state index in [9.17, 15) is 9.59 Å². The molecule has 2 aliphatic rings. The van der Waals surface area contributed by atoms with Crippen LogP contribution in [-0.4, -0.2) is 31.1 Å². The van der Waals surface area contributed by atoms with Crippen LogP contribution in [0.25, 0.3) is 11.0 Å². The van der Waals surface area contributed by atoms with E-state index in [1.807, 2.05) is 32.0 Å². The summed E-state index contributed by atoms with van der Waals surface area (Å²) in [6.07, 6.45) is 4.94. The third-order valence-corrected chi connectivity index (χ3v) is 7.39. The summed E-state index contributed by atoms with van der Waals surface area (Å²) in [6.45, 7) is 5.16. The van der Waals surface area contributed by atoms with Crippen molar-refractivity contribution in [3.8, 4) is 0 Å². The van der Waals surface area contributed by atoms with Crippen molar-refractivity contribution >= 4 is 39.1 Å². The zero-order valence-corrected chi connectivity index (χ0v) is 18.6. The normalized spacial score (nSPS) is 17.8. The summed E-state index contributed by atoms with van der Waals surface area (Å²) in [4.78, 5) is 27.4. The van der Waals surface area contributed by atoms with Crippen LogP contribution >= 0.6 is 11.3 Å². The van der Waals surface area contributed by atoms with Crippen molar-refractivity contribution in [1.82, 2.24) is 5.32 Å². The molecule has 0 bridgehead atoms. The van der Waals surface area contributed by atoms with Gasteiger partial charge >= 0.3 is 0 Å². The van der Waals surface area contributed by atoms with Crippen LogP contribution in [0.1, 0.15) is 61.7 Å². The highest BCUT2D eigenvalue weighted by atomic mass is 32.1. The maximum atomic E-state index is 13.1. The molecule has 162 valence electrons. The van der Waals surface area contributed by atoms with E-state index in [0.717, 1.165) is 60.8 Å². The second kappa shape index (κ2) is 8.13. The number of fused-ring (bicyclic) bond motifs is 2. The van der Waals surface area contributed by atoms with Crippen molar-refractivity contribution in [1.29, 1.82) is 0 Å². The van der Waals surface area contributed by atoms with Gasteiger partial charge in [-0.25, -0.2) is 0 Å². The van der Waals surface area contributed by atoms with Crippen molar-refractivity contribution < 1.29 is 18.7 Å². The van der Waals surface area contributed by atoms with Crippen molar-refractivity contribution in [2.24, 2.45) is 0 Å². The highest BCUT2D eigenvalue weighted by molar-refractivity contribution is 7.17. The molecule has 1 aliphatic carbocycles. The number of benzene rings is 1. The number of carbonyl (C=O) groups excluding carboxylic acids is 2. The average Bonchev–Trinajstić information content (AvgIpc) is 3.51. The monoisotopic (exact) mass is 438 g/mol. The summed E-state index contributed by atoms with van der Waals surface area (Å²) in [6, 6.07) is 5.87. The zero-order valence-electron chi connectivity index (χ0n) is 17.8. The summed E-state index contributed by atoms with van der Waals surface area (Å²) < 4.78 is 11.5. The zero-order chi connectivity index (χ0) is 21.5. The highest BCUT2D eigenvalue weighted by Crippen LogP contribution is 2.39. The SMILES string of the molecule is Cc1ccc2oc(C(=O)Nc3sc4c(c3C(=O)NCC3CCCO3)CCC4)c(C)c2c1. The van der Waals surface area contributed by atoms with Crippen LogP contribution in [0.4, 0.5) is 5.00 Å². The summed E-state index contributed by atoms with van der Waals surface area (Å²) in [5.74, 6) is -0.165. The molecule has 1 unspecified atom stereocenters. The van der Waals surface area contributed by atoms with Crippen LogP contribution in [0.5, 0.6) is 0 Å². The molecule has 5 rings (SSSR count). The Hall–Kier alpha value is -2.64. The van der Waals surface area contributed by atoms with Gasteiger partial charge in [0, 0.05) is 29.0 Å². The molecule has 1 saturated heterocycles. The minimum absolute atomic E-state index is 0.0790. The molecular formula is C24H26N2O4S. The summed E-state index contributed by atoms with van der Waals surface area (Å²) in [5.41, 5.74) is 4.29. The van der Waals surface area contributed by atoms with E-state index in [1.54, 1.807) is 0 Å². The Labute approximate surface area is 185 Å². The third-order valence-electron chi connectivity index (χ3n) is 6.19. The quantitative estimate of drug-likeness (QED) is 0.602. The van der Waals surface area contributed by atoms with Crippen molar-refractivity contribution in [3.05, 3.63) is 51.1 Å². The molecule has 7 heteroatoms.